The largest absolute Gasteiger partial charge is 0.419 e. The number of benzene rings is 1. The highest BCUT2D eigenvalue weighted by atomic mass is 32.2. The van der Waals surface area contributed by atoms with E-state index in [-0.39, 0.29) is 17.0 Å². The molecule has 10 heteroatoms. The number of hydrogen-bond donors (Lipinski definition) is 2. The molecule has 0 amide bonds. The first kappa shape index (κ1) is 15.3. The average molecular weight is 326 g/mol. The fourth-order valence-electron chi connectivity index (χ4n) is 1.52. The minimum absolute atomic E-state index is 0.107. The Morgan fingerprint density at radius 1 is 1.10 bits per heavy atom. The van der Waals surface area contributed by atoms with Gasteiger partial charge in [-0.2, -0.15) is 13.2 Å². The van der Waals surface area contributed by atoms with Gasteiger partial charge < -0.3 is 4.98 Å². The quantitative estimate of drug-likeness (QED) is 0.852. The Bertz CT molecular complexity index is 754. The number of sulfonamides is 1. The Kier molecular flexibility index (Phi) is 3.66. The Labute approximate surface area is 115 Å². The SMILES string of the molecule is O=S(=O)(Nc1cc(F)c(C(F)(F)F)cc1F)c1cc[nH]c1. The smallest absolute Gasteiger partial charge is 0.366 e. The molecular weight excluding hydrogens is 319 g/mol. The normalized spacial score (nSPS) is 12.4. The highest BCUT2D eigenvalue weighted by molar-refractivity contribution is 7.92. The van der Waals surface area contributed by atoms with Crippen LogP contribution in [-0.4, -0.2) is 13.4 Å². The van der Waals surface area contributed by atoms with Gasteiger partial charge in [-0.3, -0.25) is 4.72 Å². The zero-order valence-corrected chi connectivity index (χ0v) is 10.8. The van der Waals surface area contributed by atoms with Gasteiger partial charge in [-0.05, 0) is 12.1 Å². The van der Waals surface area contributed by atoms with Crippen LogP contribution >= 0.6 is 0 Å². The molecule has 0 fully saturated rings. The molecule has 0 unspecified atom stereocenters. The number of alkyl halides is 3. The topological polar surface area (TPSA) is 62.0 Å². The van der Waals surface area contributed by atoms with Crippen molar-refractivity contribution in [3.8, 4) is 0 Å². The van der Waals surface area contributed by atoms with Crippen molar-refractivity contribution in [1.82, 2.24) is 4.98 Å². The van der Waals surface area contributed by atoms with Crippen molar-refractivity contribution < 1.29 is 30.4 Å². The van der Waals surface area contributed by atoms with Gasteiger partial charge in [0.05, 0.1) is 11.3 Å². The number of aromatic nitrogens is 1. The van der Waals surface area contributed by atoms with Crippen LogP contribution < -0.4 is 4.72 Å². The molecule has 0 aliphatic heterocycles. The van der Waals surface area contributed by atoms with Crippen LogP contribution in [0, 0.1) is 11.6 Å². The van der Waals surface area contributed by atoms with Gasteiger partial charge in [-0.1, -0.05) is 0 Å². The van der Waals surface area contributed by atoms with Crippen LogP contribution in [0.3, 0.4) is 0 Å². The fraction of sp³-hybridized carbons (Fsp3) is 0.0909. The van der Waals surface area contributed by atoms with E-state index in [4.69, 9.17) is 0 Å². The third-order valence-electron chi connectivity index (χ3n) is 2.49. The van der Waals surface area contributed by atoms with Gasteiger partial charge >= 0.3 is 6.18 Å². The molecular formula is C11H7F5N2O2S. The fourth-order valence-corrected chi connectivity index (χ4v) is 2.56. The van der Waals surface area contributed by atoms with E-state index < -0.39 is 39.1 Å². The van der Waals surface area contributed by atoms with Crippen molar-refractivity contribution in [3.05, 3.63) is 47.8 Å². The molecule has 0 saturated heterocycles. The summed E-state index contributed by atoms with van der Waals surface area (Å²) in [6, 6.07) is 1.17. The lowest BCUT2D eigenvalue weighted by molar-refractivity contribution is -0.140. The number of H-pyrrole nitrogens is 1. The van der Waals surface area contributed by atoms with Gasteiger partial charge in [0.25, 0.3) is 10.0 Å². The van der Waals surface area contributed by atoms with Crippen molar-refractivity contribution in [2.24, 2.45) is 0 Å². The Balaban J connectivity index is 2.41. The van der Waals surface area contributed by atoms with Crippen molar-refractivity contribution in [2.75, 3.05) is 4.72 Å². The van der Waals surface area contributed by atoms with Crippen molar-refractivity contribution in [1.29, 1.82) is 0 Å². The second kappa shape index (κ2) is 5.02. The molecule has 0 aliphatic carbocycles. The lowest BCUT2D eigenvalue weighted by atomic mass is 10.2. The lowest BCUT2D eigenvalue weighted by Gasteiger charge is -2.12. The Morgan fingerprint density at radius 3 is 2.29 bits per heavy atom. The number of halogens is 5. The molecule has 2 N–H and O–H groups in total. The van der Waals surface area contributed by atoms with Gasteiger partial charge in [0.1, 0.15) is 16.5 Å². The summed E-state index contributed by atoms with van der Waals surface area (Å²) in [6.45, 7) is 0. The zero-order chi connectivity index (χ0) is 15.8. The number of anilines is 1. The number of hydrogen-bond acceptors (Lipinski definition) is 2. The van der Waals surface area contributed by atoms with Crippen LogP contribution in [0.2, 0.25) is 0 Å². The molecule has 1 aromatic carbocycles. The van der Waals surface area contributed by atoms with E-state index in [0.29, 0.717) is 0 Å². The third kappa shape index (κ3) is 3.15. The Hall–Kier alpha value is -2.10. The molecule has 0 bridgehead atoms. The molecule has 0 atom stereocenters. The van der Waals surface area contributed by atoms with E-state index in [0.717, 1.165) is 12.3 Å². The molecule has 2 aromatic rings. The first-order valence-corrected chi connectivity index (χ1v) is 6.81. The summed E-state index contributed by atoms with van der Waals surface area (Å²) in [5.41, 5.74) is -2.73. The molecule has 0 radical (unpaired) electrons. The predicted octanol–water partition coefficient (Wildman–Crippen LogP) is 3.11. The van der Waals surface area contributed by atoms with Gasteiger partial charge in [0, 0.05) is 18.5 Å². The van der Waals surface area contributed by atoms with Crippen molar-refractivity contribution in [2.45, 2.75) is 11.1 Å². The van der Waals surface area contributed by atoms with E-state index in [1.54, 1.807) is 4.72 Å². The van der Waals surface area contributed by atoms with Crippen molar-refractivity contribution in [3.63, 3.8) is 0 Å². The summed E-state index contributed by atoms with van der Waals surface area (Å²) in [6.07, 6.45) is -2.73. The summed E-state index contributed by atoms with van der Waals surface area (Å²) in [5.74, 6) is -3.32. The Morgan fingerprint density at radius 2 is 1.76 bits per heavy atom. The maximum Gasteiger partial charge on any atom is 0.419 e. The predicted molar refractivity (Wildman–Crippen MR) is 63.0 cm³/mol. The lowest BCUT2D eigenvalue weighted by Crippen LogP contribution is -2.15. The first-order chi connectivity index (χ1) is 9.61. The molecule has 0 spiro atoms. The summed E-state index contributed by atoms with van der Waals surface area (Å²) in [4.78, 5) is 2.17. The van der Waals surface area contributed by atoms with Crippen LogP contribution in [0.25, 0.3) is 0 Å². The molecule has 2 rings (SSSR count). The third-order valence-corrected chi connectivity index (χ3v) is 3.85. The molecule has 0 saturated carbocycles. The molecule has 4 nitrogen and oxygen atoms in total. The standard InChI is InChI=1S/C11H7F5N2O2S/c12-8-4-10(9(13)3-7(8)11(14,15)16)18-21(19,20)6-1-2-17-5-6/h1-5,17-18H. The van der Waals surface area contributed by atoms with Crippen molar-refractivity contribution >= 4 is 15.7 Å². The maximum atomic E-state index is 13.5. The average Bonchev–Trinajstić information content (AvgIpc) is 2.86. The maximum absolute atomic E-state index is 13.5. The summed E-state index contributed by atoms with van der Waals surface area (Å²) < 4.78 is 89.2. The molecule has 114 valence electrons. The first-order valence-electron chi connectivity index (χ1n) is 5.33. The van der Waals surface area contributed by atoms with Gasteiger partial charge in [-0.25, -0.2) is 17.2 Å². The number of rotatable bonds is 3. The number of nitrogens with one attached hydrogen (secondary N) is 2. The summed E-state index contributed by atoms with van der Waals surface area (Å²) in [5, 5.41) is 0. The van der Waals surface area contributed by atoms with E-state index >= 15 is 0 Å². The minimum atomic E-state index is -5.08. The molecule has 0 aliphatic rings. The van der Waals surface area contributed by atoms with E-state index in [9.17, 15) is 30.4 Å². The monoisotopic (exact) mass is 326 g/mol. The van der Waals surface area contributed by atoms with Crippen LogP contribution in [0.15, 0.2) is 35.5 Å². The minimum Gasteiger partial charge on any atom is -0.366 e. The van der Waals surface area contributed by atoms with E-state index in [2.05, 4.69) is 4.98 Å². The zero-order valence-electron chi connectivity index (χ0n) is 10.0. The van der Waals surface area contributed by atoms with Crippen LogP contribution in [0.4, 0.5) is 27.6 Å². The van der Waals surface area contributed by atoms with E-state index in [1.165, 1.54) is 6.20 Å². The van der Waals surface area contributed by atoms with Gasteiger partial charge in [0.15, 0.2) is 0 Å². The highest BCUT2D eigenvalue weighted by Gasteiger charge is 2.35. The van der Waals surface area contributed by atoms with Crippen LogP contribution in [0.1, 0.15) is 5.56 Å². The van der Waals surface area contributed by atoms with Gasteiger partial charge in [0.2, 0.25) is 0 Å². The highest BCUT2D eigenvalue weighted by Crippen LogP contribution is 2.34. The second-order valence-corrected chi connectivity index (χ2v) is 5.64. The molecule has 21 heavy (non-hydrogen) atoms. The molecule has 1 heterocycles. The summed E-state index contributed by atoms with van der Waals surface area (Å²) in [7, 11) is -4.23. The number of aromatic amines is 1. The van der Waals surface area contributed by atoms with Gasteiger partial charge in [-0.15, -0.1) is 0 Å². The van der Waals surface area contributed by atoms with Crippen LogP contribution in [0.5, 0.6) is 0 Å². The summed E-state index contributed by atoms with van der Waals surface area (Å²) >= 11 is 0. The van der Waals surface area contributed by atoms with Crippen LogP contribution in [-0.2, 0) is 16.2 Å². The van der Waals surface area contributed by atoms with E-state index in [1.807, 2.05) is 0 Å². The second-order valence-electron chi connectivity index (χ2n) is 3.96. The molecule has 1 aromatic heterocycles.